The topological polar surface area (TPSA) is 68.3 Å². The van der Waals surface area contributed by atoms with Crippen molar-refractivity contribution < 1.29 is 23.8 Å². The Kier molecular flexibility index (Phi) is 7.16. The maximum Gasteiger partial charge on any atom is 0.412 e. The summed E-state index contributed by atoms with van der Waals surface area (Å²) in [5, 5.41) is 0. The monoisotopic (exact) mass is 406 g/mol. The van der Waals surface area contributed by atoms with Crippen molar-refractivity contribution in [1.82, 2.24) is 9.80 Å². The van der Waals surface area contributed by atoms with Gasteiger partial charge < -0.3 is 19.1 Å². The van der Waals surface area contributed by atoms with Gasteiger partial charge in [-0.1, -0.05) is 30.3 Å². The summed E-state index contributed by atoms with van der Waals surface area (Å²) in [6.07, 6.45) is -0.499. The minimum Gasteiger partial charge on any atom is -0.446 e. The van der Waals surface area contributed by atoms with Gasteiger partial charge in [0.25, 0.3) is 0 Å². The number of ether oxygens (including phenoxy) is 3. The quantitative estimate of drug-likeness (QED) is 0.738. The van der Waals surface area contributed by atoms with Crippen molar-refractivity contribution in [2.45, 2.75) is 71.4 Å². The minimum absolute atomic E-state index is 0.259. The molecule has 0 bridgehead atoms. The second-order valence-electron chi connectivity index (χ2n) is 9.03. The van der Waals surface area contributed by atoms with Gasteiger partial charge in [-0.3, -0.25) is 4.90 Å². The number of amides is 2. The Balaban J connectivity index is 1.95. The third-order valence-electron chi connectivity index (χ3n) is 4.63. The SMILES string of the molecule is CC(Cc1ccccc1)OC(=O)N(C)CC1COC(C)(C)N1C(=O)OC(C)(C)C. The normalized spacial score (nSPS) is 19.6. The molecule has 2 unspecified atom stereocenters. The van der Waals surface area contributed by atoms with Gasteiger partial charge in [-0.05, 0) is 47.1 Å². The van der Waals surface area contributed by atoms with E-state index in [1.165, 1.54) is 4.90 Å². The first-order valence-electron chi connectivity index (χ1n) is 10.0. The van der Waals surface area contributed by atoms with Crippen LogP contribution in [0.5, 0.6) is 0 Å². The molecule has 1 fully saturated rings. The average molecular weight is 407 g/mol. The van der Waals surface area contributed by atoms with Crippen molar-refractivity contribution in [2.75, 3.05) is 20.2 Å². The number of carbonyl (C=O) groups excluding carboxylic acids is 2. The molecule has 1 aromatic rings. The van der Waals surface area contributed by atoms with E-state index in [0.29, 0.717) is 19.6 Å². The van der Waals surface area contributed by atoms with Crippen molar-refractivity contribution in [2.24, 2.45) is 0 Å². The third-order valence-corrected chi connectivity index (χ3v) is 4.63. The molecule has 0 spiro atoms. The molecule has 1 saturated heterocycles. The van der Waals surface area contributed by atoms with Crippen molar-refractivity contribution >= 4 is 12.2 Å². The van der Waals surface area contributed by atoms with Crippen molar-refractivity contribution in [3.8, 4) is 0 Å². The molecule has 0 N–H and O–H groups in total. The van der Waals surface area contributed by atoms with Crippen LogP contribution in [0.2, 0.25) is 0 Å². The second-order valence-corrected chi connectivity index (χ2v) is 9.03. The number of hydrogen-bond acceptors (Lipinski definition) is 5. The number of hydrogen-bond donors (Lipinski definition) is 0. The highest BCUT2D eigenvalue weighted by Gasteiger charge is 2.46. The van der Waals surface area contributed by atoms with Crippen LogP contribution < -0.4 is 0 Å². The van der Waals surface area contributed by atoms with E-state index in [0.717, 1.165) is 5.56 Å². The molecular formula is C22H34N2O5. The second kappa shape index (κ2) is 9.03. The fourth-order valence-corrected chi connectivity index (χ4v) is 3.34. The van der Waals surface area contributed by atoms with Crippen LogP contribution in [-0.4, -0.2) is 65.7 Å². The van der Waals surface area contributed by atoms with E-state index in [-0.39, 0.29) is 12.1 Å². The predicted octanol–water partition coefficient (Wildman–Crippen LogP) is 4.06. The highest BCUT2D eigenvalue weighted by atomic mass is 16.6. The Labute approximate surface area is 173 Å². The third kappa shape index (κ3) is 6.63. The molecule has 1 aliphatic heterocycles. The van der Waals surface area contributed by atoms with Crippen LogP contribution in [0.3, 0.4) is 0 Å². The molecule has 7 heteroatoms. The van der Waals surface area contributed by atoms with Gasteiger partial charge in [0.05, 0.1) is 12.6 Å². The van der Waals surface area contributed by atoms with Crippen molar-refractivity contribution in [3.63, 3.8) is 0 Å². The lowest BCUT2D eigenvalue weighted by atomic mass is 10.1. The van der Waals surface area contributed by atoms with E-state index >= 15 is 0 Å². The lowest BCUT2D eigenvalue weighted by Crippen LogP contribution is -2.53. The fourth-order valence-electron chi connectivity index (χ4n) is 3.34. The van der Waals surface area contributed by atoms with Crippen molar-refractivity contribution in [3.05, 3.63) is 35.9 Å². The fraction of sp³-hybridized carbons (Fsp3) is 0.636. The van der Waals surface area contributed by atoms with Gasteiger partial charge in [0.15, 0.2) is 0 Å². The zero-order chi connectivity index (χ0) is 21.8. The molecule has 0 saturated carbocycles. The molecule has 2 amide bonds. The van der Waals surface area contributed by atoms with E-state index in [4.69, 9.17) is 14.2 Å². The molecule has 0 radical (unpaired) electrons. The van der Waals surface area contributed by atoms with E-state index in [2.05, 4.69) is 0 Å². The highest BCUT2D eigenvalue weighted by molar-refractivity contribution is 5.70. The Hall–Kier alpha value is -2.28. The van der Waals surface area contributed by atoms with Gasteiger partial charge in [0, 0.05) is 20.0 Å². The minimum atomic E-state index is -0.807. The number of benzene rings is 1. The average Bonchev–Trinajstić information content (AvgIpc) is 2.88. The summed E-state index contributed by atoms with van der Waals surface area (Å²) in [5.41, 5.74) is -0.311. The smallest absolute Gasteiger partial charge is 0.412 e. The zero-order valence-corrected chi connectivity index (χ0v) is 18.6. The van der Waals surface area contributed by atoms with Crippen LogP contribution in [0.15, 0.2) is 30.3 Å². The summed E-state index contributed by atoms with van der Waals surface area (Å²) in [4.78, 5) is 28.3. The van der Waals surface area contributed by atoms with Crippen LogP contribution in [0.4, 0.5) is 9.59 Å². The number of carbonyl (C=O) groups is 2. The largest absolute Gasteiger partial charge is 0.446 e. The molecule has 29 heavy (non-hydrogen) atoms. The van der Waals surface area contributed by atoms with Gasteiger partial charge in [0.1, 0.15) is 17.4 Å². The van der Waals surface area contributed by atoms with E-state index < -0.39 is 23.5 Å². The lowest BCUT2D eigenvalue weighted by molar-refractivity contribution is -0.0632. The first-order chi connectivity index (χ1) is 13.4. The molecule has 2 atom stereocenters. The molecular weight excluding hydrogens is 372 g/mol. The molecule has 0 aliphatic carbocycles. The Morgan fingerprint density at radius 1 is 1.28 bits per heavy atom. The first kappa shape index (κ1) is 23.0. The van der Waals surface area contributed by atoms with Crippen LogP contribution in [0.1, 0.15) is 47.1 Å². The van der Waals surface area contributed by atoms with Gasteiger partial charge in [-0.2, -0.15) is 0 Å². The number of nitrogens with zero attached hydrogens (tertiary/aromatic N) is 2. The first-order valence-corrected chi connectivity index (χ1v) is 10.0. The highest BCUT2D eigenvalue weighted by Crippen LogP contribution is 2.29. The molecule has 1 aromatic carbocycles. The number of rotatable bonds is 5. The van der Waals surface area contributed by atoms with Crippen LogP contribution in [-0.2, 0) is 20.6 Å². The summed E-state index contributed by atoms with van der Waals surface area (Å²) >= 11 is 0. The Bertz CT molecular complexity index is 699. The van der Waals surface area contributed by atoms with E-state index in [9.17, 15) is 9.59 Å². The summed E-state index contributed by atoms with van der Waals surface area (Å²) in [5.74, 6) is 0. The van der Waals surface area contributed by atoms with Crippen LogP contribution in [0, 0.1) is 0 Å². The molecule has 1 heterocycles. The standard InChI is InChI=1S/C22H34N2O5/c1-16(13-17-11-9-8-10-12-17)28-19(25)23(7)14-18-15-27-22(5,6)24(18)20(26)29-21(2,3)4/h8-12,16,18H,13-15H2,1-7H3. The predicted molar refractivity (Wildman–Crippen MR) is 111 cm³/mol. The number of likely N-dealkylation sites (N-methyl/N-ethyl adjacent to an activating group) is 1. The molecule has 2 rings (SSSR count). The lowest BCUT2D eigenvalue weighted by Gasteiger charge is -2.36. The molecule has 0 aromatic heterocycles. The molecule has 1 aliphatic rings. The van der Waals surface area contributed by atoms with Gasteiger partial charge >= 0.3 is 12.2 Å². The van der Waals surface area contributed by atoms with Gasteiger partial charge in [0.2, 0.25) is 0 Å². The zero-order valence-electron chi connectivity index (χ0n) is 18.6. The van der Waals surface area contributed by atoms with E-state index in [1.54, 1.807) is 11.9 Å². The Morgan fingerprint density at radius 3 is 2.48 bits per heavy atom. The van der Waals surface area contributed by atoms with Crippen LogP contribution in [0.25, 0.3) is 0 Å². The maximum absolute atomic E-state index is 12.7. The summed E-state index contributed by atoms with van der Waals surface area (Å²) in [6.45, 7) is 11.6. The molecule has 7 nitrogen and oxygen atoms in total. The van der Waals surface area contributed by atoms with Crippen molar-refractivity contribution in [1.29, 1.82) is 0 Å². The van der Waals surface area contributed by atoms with Gasteiger partial charge in [-0.15, -0.1) is 0 Å². The van der Waals surface area contributed by atoms with E-state index in [1.807, 2.05) is 71.9 Å². The summed E-state index contributed by atoms with van der Waals surface area (Å²) < 4.78 is 16.9. The Morgan fingerprint density at radius 2 is 1.90 bits per heavy atom. The molecule has 162 valence electrons. The summed E-state index contributed by atoms with van der Waals surface area (Å²) in [6, 6.07) is 9.57. The van der Waals surface area contributed by atoms with Gasteiger partial charge in [-0.25, -0.2) is 9.59 Å². The van der Waals surface area contributed by atoms with Crippen LogP contribution >= 0.6 is 0 Å². The summed E-state index contributed by atoms with van der Waals surface area (Å²) in [7, 11) is 1.66. The maximum atomic E-state index is 12.7.